The lowest BCUT2D eigenvalue weighted by Gasteiger charge is -2.15. The van der Waals surface area contributed by atoms with Crippen LogP contribution < -0.4 is 4.74 Å². The summed E-state index contributed by atoms with van der Waals surface area (Å²) < 4.78 is 28.1. The average Bonchev–Trinajstić information content (AvgIpc) is 3.16. The van der Waals surface area contributed by atoms with Crippen molar-refractivity contribution in [2.75, 3.05) is 7.11 Å². The number of nitrogens with zero attached hydrogens (tertiary/aromatic N) is 1. The first-order valence-corrected chi connectivity index (χ1v) is 6.60. The summed E-state index contributed by atoms with van der Waals surface area (Å²) in [5.74, 6) is -2.69. The lowest BCUT2D eigenvalue weighted by atomic mass is 10.1. The number of hydrogen-bond donors (Lipinski definition) is 1. The van der Waals surface area contributed by atoms with Gasteiger partial charge < -0.3 is 23.8 Å². The fourth-order valence-electron chi connectivity index (χ4n) is 1.97. The zero-order valence-electron chi connectivity index (χ0n) is 12.0. The molecule has 1 N–H and O–H groups in total. The number of hydrogen-bond acceptors (Lipinski definition) is 7. The monoisotopic (exact) mass is 321 g/mol. The van der Waals surface area contributed by atoms with Gasteiger partial charge in [0.05, 0.1) is 13.5 Å². The predicted molar refractivity (Wildman–Crippen MR) is 74.4 cm³/mol. The molecular weight excluding hydrogens is 309 g/mol. The van der Waals surface area contributed by atoms with Gasteiger partial charge in [-0.3, -0.25) is 0 Å². The maximum atomic E-state index is 12.8. The quantitative estimate of drug-likeness (QED) is 0.868. The fourth-order valence-corrected chi connectivity index (χ4v) is 1.97. The molecule has 0 radical (unpaired) electrons. The Hall–Kier alpha value is -2.87. The summed E-state index contributed by atoms with van der Waals surface area (Å²) in [6.45, 7) is 0. The minimum Gasteiger partial charge on any atom is -0.464 e. The average molecular weight is 321 g/mol. The van der Waals surface area contributed by atoms with Gasteiger partial charge in [0.1, 0.15) is 17.3 Å². The van der Waals surface area contributed by atoms with E-state index in [4.69, 9.17) is 14.0 Å². The van der Waals surface area contributed by atoms with Crippen LogP contribution in [0.2, 0.25) is 0 Å². The molecule has 0 spiro atoms. The third kappa shape index (κ3) is 3.02. The molecule has 2 heterocycles. The Bertz CT molecular complexity index is 754. The molecule has 0 saturated carbocycles. The van der Waals surface area contributed by atoms with Crippen molar-refractivity contribution in [1.82, 2.24) is 0 Å². The Morgan fingerprint density at radius 2 is 2.04 bits per heavy atom. The van der Waals surface area contributed by atoms with Gasteiger partial charge in [0.25, 0.3) is 5.95 Å². The number of benzene rings is 1. The molecule has 1 atom stereocenters. The molecule has 1 aliphatic heterocycles. The van der Waals surface area contributed by atoms with Crippen LogP contribution in [0, 0.1) is 5.82 Å². The molecule has 23 heavy (non-hydrogen) atoms. The number of rotatable bonds is 4. The van der Waals surface area contributed by atoms with Crippen LogP contribution in [0.4, 0.5) is 4.39 Å². The van der Waals surface area contributed by atoms with Gasteiger partial charge in [-0.2, -0.15) is 0 Å². The number of esters is 1. The number of furan rings is 1. The number of aliphatic hydroxyl groups is 1. The molecule has 1 aromatic heterocycles. The SMILES string of the molecule is COC(=O)C1(O)CC(c2ccc(Oc3ccc(F)cc3)o2)=NO1. The normalized spacial score (nSPS) is 19.9. The maximum absolute atomic E-state index is 12.8. The summed E-state index contributed by atoms with van der Waals surface area (Å²) in [5, 5.41) is 13.6. The summed E-state index contributed by atoms with van der Waals surface area (Å²) in [6.07, 6.45) is -0.219. The summed E-state index contributed by atoms with van der Waals surface area (Å²) in [5.41, 5.74) is 0.229. The van der Waals surface area contributed by atoms with Crippen LogP contribution in [0.5, 0.6) is 11.7 Å². The highest BCUT2D eigenvalue weighted by Gasteiger charge is 2.47. The van der Waals surface area contributed by atoms with Gasteiger partial charge in [0, 0.05) is 6.07 Å². The van der Waals surface area contributed by atoms with Gasteiger partial charge in [-0.1, -0.05) is 5.16 Å². The highest BCUT2D eigenvalue weighted by molar-refractivity contribution is 6.02. The van der Waals surface area contributed by atoms with E-state index in [9.17, 15) is 14.3 Å². The van der Waals surface area contributed by atoms with Gasteiger partial charge in [0.2, 0.25) is 0 Å². The molecule has 8 heteroatoms. The molecule has 120 valence electrons. The fraction of sp³-hybridized carbons (Fsp3) is 0.200. The smallest absolute Gasteiger partial charge is 0.382 e. The number of methoxy groups -OCH3 is 1. The van der Waals surface area contributed by atoms with Gasteiger partial charge in [-0.15, -0.1) is 0 Å². The molecule has 7 nitrogen and oxygen atoms in total. The summed E-state index contributed by atoms with van der Waals surface area (Å²) in [6, 6.07) is 8.48. The van der Waals surface area contributed by atoms with E-state index in [2.05, 4.69) is 9.89 Å². The molecular formula is C15H12FNO6. The Balaban J connectivity index is 1.70. The summed E-state index contributed by atoms with van der Waals surface area (Å²) in [4.78, 5) is 16.2. The number of oxime groups is 1. The van der Waals surface area contributed by atoms with E-state index in [0.717, 1.165) is 7.11 Å². The highest BCUT2D eigenvalue weighted by Crippen LogP contribution is 2.29. The Morgan fingerprint density at radius 3 is 2.74 bits per heavy atom. The Labute approximate surface area is 129 Å². The maximum Gasteiger partial charge on any atom is 0.382 e. The minimum absolute atomic E-state index is 0.141. The molecule has 0 aliphatic carbocycles. The van der Waals surface area contributed by atoms with Crippen molar-refractivity contribution in [3.8, 4) is 11.7 Å². The topological polar surface area (TPSA) is 90.5 Å². The van der Waals surface area contributed by atoms with Crippen molar-refractivity contribution in [1.29, 1.82) is 0 Å². The molecule has 0 amide bonds. The van der Waals surface area contributed by atoms with E-state index in [1.165, 1.54) is 30.3 Å². The standard InChI is InChI=1S/C15H12FNO6/c1-20-14(18)15(19)8-11(17-23-15)12-6-7-13(22-12)21-10-4-2-9(16)3-5-10/h2-7,19H,8H2,1H3. The molecule has 0 saturated heterocycles. The number of halogens is 1. The second-order valence-corrected chi connectivity index (χ2v) is 4.76. The molecule has 2 aromatic rings. The van der Waals surface area contributed by atoms with Crippen molar-refractivity contribution in [2.45, 2.75) is 12.2 Å². The molecule has 1 aromatic carbocycles. The van der Waals surface area contributed by atoms with E-state index in [0.29, 0.717) is 5.75 Å². The second kappa shape index (κ2) is 5.73. The van der Waals surface area contributed by atoms with E-state index in [1.54, 1.807) is 6.07 Å². The second-order valence-electron chi connectivity index (χ2n) is 4.76. The zero-order valence-corrected chi connectivity index (χ0v) is 12.0. The van der Waals surface area contributed by atoms with Crippen LogP contribution in [0.1, 0.15) is 12.2 Å². The number of ether oxygens (including phenoxy) is 2. The lowest BCUT2D eigenvalue weighted by Crippen LogP contribution is -2.39. The van der Waals surface area contributed by atoms with Crippen molar-refractivity contribution in [3.63, 3.8) is 0 Å². The van der Waals surface area contributed by atoms with Gasteiger partial charge >= 0.3 is 11.8 Å². The molecule has 1 aliphatic rings. The van der Waals surface area contributed by atoms with Crippen molar-refractivity contribution in [2.24, 2.45) is 5.16 Å². The van der Waals surface area contributed by atoms with E-state index >= 15 is 0 Å². The largest absolute Gasteiger partial charge is 0.464 e. The Morgan fingerprint density at radius 1 is 1.30 bits per heavy atom. The van der Waals surface area contributed by atoms with Crippen molar-refractivity contribution < 1.29 is 33.0 Å². The lowest BCUT2D eigenvalue weighted by molar-refractivity contribution is -0.216. The number of carbonyl (C=O) groups excluding carboxylic acids is 1. The van der Waals surface area contributed by atoms with Gasteiger partial charge in [-0.05, 0) is 30.3 Å². The van der Waals surface area contributed by atoms with E-state index in [1.807, 2.05) is 0 Å². The van der Waals surface area contributed by atoms with Gasteiger partial charge in [-0.25, -0.2) is 9.18 Å². The zero-order chi connectivity index (χ0) is 16.4. The predicted octanol–water partition coefficient (Wildman–Crippen LogP) is 2.20. The van der Waals surface area contributed by atoms with E-state index < -0.39 is 11.8 Å². The summed E-state index contributed by atoms with van der Waals surface area (Å²) >= 11 is 0. The Kier molecular flexibility index (Phi) is 3.75. The van der Waals surface area contributed by atoms with Crippen LogP contribution >= 0.6 is 0 Å². The van der Waals surface area contributed by atoms with Crippen LogP contribution in [-0.4, -0.2) is 29.7 Å². The first-order valence-electron chi connectivity index (χ1n) is 6.60. The number of carbonyl (C=O) groups is 1. The highest BCUT2D eigenvalue weighted by atomic mass is 19.1. The summed E-state index contributed by atoms with van der Waals surface area (Å²) in [7, 11) is 1.13. The van der Waals surface area contributed by atoms with Crippen molar-refractivity contribution >= 4 is 11.7 Å². The first-order chi connectivity index (χ1) is 11.0. The molecule has 0 fully saturated rings. The van der Waals surface area contributed by atoms with Crippen LogP contribution in [0.25, 0.3) is 0 Å². The van der Waals surface area contributed by atoms with Crippen molar-refractivity contribution in [3.05, 3.63) is 48.0 Å². The van der Waals surface area contributed by atoms with E-state index in [-0.39, 0.29) is 29.7 Å². The first kappa shape index (κ1) is 15.0. The van der Waals surface area contributed by atoms with Crippen LogP contribution in [-0.2, 0) is 14.4 Å². The van der Waals surface area contributed by atoms with Crippen LogP contribution in [0.15, 0.2) is 46.0 Å². The van der Waals surface area contributed by atoms with Gasteiger partial charge in [0.15, 0.2) is 5.76 Å². The molecule has 1 unspecified atom stereocenters. The van der Waals surface area contributed by atoms with Crippen LogP contribution in [0.3, 0.4) is 0 Å². The molecule has 3 rings (SSSR count). The molecule has 0 bridgehead atoms. The minimum atomic E-state index is -2.16. The third-order valence-electron chi connectivity index (χ3n) is 3.12. The third-order valence-corrected chi connectivity index (χ3v) is 3.12.